The van der Waals surface area contributed by atoms with Gasteiger partial charge in [-0.25, -0.2) is 0 Å². The second-order valence-electron chi connectivity index (χ2n) is 5.36. The minimum atomic E-state index is 0.589. The van der Waals surface area contributed by atoms with E-state index in [0.717, 1.165) is 11.8 Å². The molecule has 1 heteroatoms. The minimum absolute atomic E-state index is 0.589. The van der Waals surface area contributed by atoms with E-state index in [9.17, 15) is 0 Å². The summed E-state index contributed by atoms with van der Waals surface area (Å²) in [5, 5.41) is 3.51. The van der Waals surface area contributed by atoms with E-state index in [0.29, 0.717) is 5.54 Å². The molecule has 2 rings (SSSR count). The smallest absolute Gasteiger partial charge is 0.0182 e. The third-order valence-corrected chi connectivity index (χ3v) is 4.20. The summed E-state index contributed by atoms with van der Waals surface area (Å²) in [6, 6.07) is 0. The van der Waals surface area contributed by atoms with Crippen molar-refractivity contribution in [3.8, 4) is 0 Å². The van der Waals surface area contributed by atoms with Crippen molar-refractivity contribution in [1.82, 2.24) is 5.32 Å². The average molecular weight is 181 g/mol. The molecule has 0 aromatic carbocycles. The van der Waals surface area contributed by atoms with Gasteiger partial charge in [0.05, 0.1) is 0 Å². The Balaban J connectivity index is 1.76. The fourth-order valence-corrected chi connectivity index (χ4v) is 2.79. The summed E-state index contributed by atoms with van der Waals surface area (Å²) in [6.45, 7) is 2.40. The maximum atomic E-state index is 3.51. The second kappa shape index (κ2) is 3.61. The number of hydrogen-bond acceptors (Lipinski definition) is 1. The summed E-state index contributed by atoms with van der Waals surface area (Å²) in [7, 11) is 2.14. The van der Waals surface area contributed by atoms with E-state index >= 15 is 0 Å². The Kier molecular flexibility index (Phi) is 2.64. The van der Waals surface area contributed by atoms with Crippen LogP contribution in [0.2, 0.25) is 0 Å². The Hall–Kier alpha value is -0.0400. The molecular weight excluding hydrogens is 158 g/mol. The molecule has 1 N–H and O–H groups in total. The standard InChI is InChI=1S/C12H23N/c1-10-3-5-11(6-4-10)9-12(13-2)7-8-12/h10-11,13H,3-9H2,1-2H3. The quantitative estimate of drug-likeness (QED) is 0.706. The molecular formula is C12H23N. The van der Waals surface area contributed by atoms with Crippen LogP contribution in [0.3, 0.4) is 0 Å². The molecule has 0 spiro atoms. The summed E-state index contributed by atoms with van der Waals surface area (Å²) in [4.78, 5) is 0. The van der Waals surface area contributed by atoms with Crippen LogP contribution in [0, 0.1) is 11.8 Å². The lowest BCUT2D eigenvalue weighted by molar-refractivity contribution is 0.251. The minimum Gasteiger partial charge on any atom is -0.314 e. The highest BCUT2D eigenvalue weighted by atomic mass is 15.0. The van der Waals surface area contributed by atoms with Crippen LogP contribution in [0.15, 0.2) is 0 Å². The maximum Gasteiger partial charge on any atom is 0.0182 e. The van der Waals surface area contributed by atoms with Gasteiger partial charge in [0.15, 0.2) is 0 Å². The monoisotopic (exact) mass is 181 g/mol. The molecule has 0 atom stereocenters. The Morgan fingerprint density at radius 2 is 1.77 bits per heavy atom. The molecule has 0 radical (unpaired) electrons. The fourth-order valence-electron chi connectivity index (χ4n) is 2.79. The SMILES string of the molecule is CNC1(CC2CCC(C)CC2)CC1. The molecule has 0 aromatic heterocycles. The maximum absolute atomic E-state index is 3.51. The molecule has 0 aromatic rings. The van der Waals surface area contributed by atoms with Crippen LogP contribution in [0.25, 0.3) is 0 Å². The van der Waals surface area contributed by atoms with E-state index in [1.807, 2.05) is 0 Å². The Morgan fingerprint density at radius 1 is 1.15 bits per heavy atom. The molecule has 0 heterocycles. The van der Waals surface area contributed by atoms with E-state index in [2.05, 4.69) is 19.3 Å². The highest BCUT2D eigenvalue weighted by Gasteiger charge is 2.42. The molecule has 1 nitrogen and oxygen atoms in total. The van der Waals surface area contributed by atoms with Crippen molar-refractivity contribution in [3.05, 3.63) is 0 Å². The first-order valence-corrected chi connectivity index (χ1v) is 5.93. The summed E-state index contributed by atoms with van der Waals surface area (Å²) >= 11 is 0. The van der Waals surface area contributed by atoms with Crippen LogP contribution in [-0.4, -0.2) is 12.6 Å². The van der Waals surface area contributed by atoms with Crippen molar-refractivity contribution in [3.63, 3.8) is 0 Å². The highest BCUT2D eigenvalue weighted by Crippen LogP contribution is 2.44. The number of nitrogens with one attached hydrogen (secondary N) is 1. The lowest BCUT2D eigenvalue weighted by Gasteiger charge is -2.29. The van der Waals surface area contributed by atoms with Crippen LogP contribution >= 0.6 is 0 Å². The van der Waals surface area contributed by atoms with Gasteiger partial charge in [0, 0.05) is 5.54 Å². The van der Waals surface area contributed by atoms with E-state index in [1.165, 1.54) is 44.9 Å². The number of rotatable bonds is 3. The molecule has 13 heavy (non-hydrogen) atoms. The fraction of sp³-hybridized carbons (Fsp3) is 1.00. The summed E-state index contributed by atoms with van der Waals surface area (Å²) in [5.74, 6) is 2.03. The lowest BCUT2D eigenvalue weighted by atomic mass is 9.79. The third-order valence-electron chi connectivity index (χ3n) is 4.20. The predicted molar refractivity (Wildman–Crippen MR) is 56.8 cm³/mol. The molecule has 0 amide bonds. The normalized spacial score (nSPS) is 37.4. The van der Waals surface area contributed by atoms with Gasteiger partial charge in [0.1, 0.15) is 0 Å². The van der Waals surface area contributed by atoms with Crippen molar-refractivity contribution in [1.29, 1.82) is 0 Å². The van der Waals surface area contributed by atoms with Gasteiger partial charge in [-0.1, -0.05) is 32.6 Å². The molecule has 2 aliphatic carbocycles. The van der Waals surface area contributed by atoms with Gasteiger partial charge in [0.25, 0.3) is 0 Å². The van der Waals surface area contributed by atoms with E-state index in [-0.39, 0.29) is 0 Å². The predicted octanol–water partition coefficient (Wildman–Crippen LogP) is 2.95. The Labute approximate surface area is 82.3 Å². The van der Waals surface area contributed by atoms with Crippen molar-refractivity contribution < 1.29 is 0 Å². The second-order valence-corrected chi connectivity index (χ2v) is 5.36. The first kappa shape index (κ1) is 9.51. The van der Waals surface area contributed by atoms with Crippen molar-refractivity contribution in [2.75, 3.05) is 7.05 Å². The van der Waals surface area contributed by atoms with Crippen molar-refractivity contribution >= 4 is 0 Å². The largest absolute Gasteiger partial charge is 0.314 e. The first-order chi connectivity index (χ1) is 6.24. The van der Waals surface area contributed by atoms with Crippen molar-refractivity contribution in [2.24, 2.45) is 11.8 Å². The van der Waals surface area contributed by atoms with Crippen LogP contribution in [-0.2, 0) is 0 Å². The summed E-state index contributed by atoms with van der Waals surface area (Å²) in [6.07, 6.45) is 10.2. The van der Waals surface area contributed by atoms with Gasteiger partial charge in [-0.2, -0.15) is 0 Å². The van der Waals surface area contributed by atoms with Crippen molar-refractivity contribution in [2.45, 2.75) is 57.4 Å². The summed E-state index contributed by atoms with van der Waals surface area (Å²) in [5.41, 5.74) is 0.589. The van der Waals surface area contributed by atoms with Gasteiger partial charge < -0.3 is 5.32 Å². The number of hydrogen-bond donors (Lipinski definition) is 1. The molecule has 0 saturated heterocycles. The first-order valence-electron chi connectivity index (χ1n) is 5.93. The van der Waals surface area contributed by atoms with E-state index < -0.39 is 0 Å². The third kappa shape index (κ3) is 2.25. The van der Waals surface area contributed by atoms with Crippen LogP contribution in [0.4, 0.5) is 0 Å². The Morgan fingerprint density at radius 3 is 2.23 bits per heavy atom. The van der Waals surface area contributed by atoms with Crippen LogP contribution in [0.1, 0.15) is 51.9 Å². The van der Waals surface area contributed by atoms with Crippen LogP contribution < -0.4 is 5.32 Å². The molecule has 0 bridgehead atoms. The van der Waals surface area contributed by atoms with Gasteiger partial charge in [0.2, 0.25) is 0 Å². The summed E-state index contributed by atoms with van der Waals surface area (Å²) < 4.78 is 0. The lowest BCUT2D eigenvalue weighted by Crippen LogP contribution is -2.31. The van der Waals surface area contributed by atoms with Gasteiger partial charge in [-0.15, -0.1) is 0 Å². The molecule has 2 aliphatic rings. The molecule has 0 aliphatic heterocycles. The Bertz CT molecular complexity index is 164. The zero-order valence-corrected chi connectivity index (χ0v) is 9.10. The van der Waals surface area contributed by atoms with Crippen LogP contribution in [0.5, 0.6) is 0 Å². The van der Waals surface area contributed by atoms with E-state index in [1.54, 1.807) is 0 Å². The van der Waals surface area contributed by atoms with E-state index in [4.69, 9.17) is 0 Å². The van der Waals surface area contributed by atoms with Gasteiger partial charge >= 0.3 is 0 Å². The molecule has 2 saturated carbocycles. The van der Waals surface area contributed by atoms with Gasteiger partial charge in [-0.3, -0.25) is 0 Å². The highest BCUT2D eigenvalue weighted by molar-refractivity contribution is 5.02. The zero-order chi connectivity index (χ0) is 9.31. The van der Waals surface area contributed by atoms with Gasteiger partial charge in [-0.05, 0) is 38.1 Å². The average Bonchev–Trinajstić information content (AvgIpc) is 2.90. The topological polar surface area (TPSA) is 12.0 Å². The molecule has 0 unspecified atom stereocenters. The molecule has 76 valence electrons. The molecule has 2 fully saturated rings. The zero-order valence-electron chi connectivity index (χ0n) is 9.10.